The van der Waals surface area contributed by atoms with Crippen LogP contribution in [0.4, 0.5) is 0 Å². The van der Waals surface area contributed by atoms with Gasteiger partial charge in [-0.05, 0) is 24.8 Å². The zero-order valence-corrected chi connectivity index (χ0v) is 10.6. The molecule has 0 fully saturated rings. The number of carbonyl (C=O) groups excluding carboxylic acids is 1. The van der Waals surface area contributed by atoms with Gasteiger partial charge in [0.05, 0.1) is 6.42 Å². The molecule has 0 atom stereocenters. The summed E-state index contributed by atoms with van der Waals surface area (Å²) in [4.78, 5) is 11.5. The summed E-state index contributed by atoms with van der Waals surface area (Å²) >= 11 is 0. The fraction of sp³-hybridized carbons (Fsp3) is 0.500. The topological polar surface area (TPSA) is 29.1 Å². The van der Waals surface area contributed by atoms with E-state index in [-0.39, 0.29) is 5.91 Å². The molecule has 2 heteroatoms. The third-order valence-corrected chi connectivity index (χ3v) is 2.23. The maximum absolute atomic E-state index is 11.5. The Morgan fingerprint density at radius 2 is 2.12 bits per heavy atom. The minimum atomic E-state index is 0.0856. The van der Waals surface area contributed by atoms with E-state index >= 15 is 0 Å². The van der Waals surface area contributed by atoms with Crippen LogP contribution in [0, 0.1) is 5.92 Å². The van der Waals surface area contributed by atoms with Gasteiger partial charge in [-0.3, -0.25) is 4.79 Å². The van der Waals surface area contributed by atoms with Gasteiger partial charge in [0, 0.05) is 6.54 Å². The van der Waals surface area contributed by atoms with Gasteiger partial charge >= 0.3 is 0 Å². The summed E-state index contributed by atoms with van der Waals surface area (Å²) in [6, 6.07) is 0. The van der Waals surface area contributed by atoms with E-state index in [1.165, 1.54) is 0 Å². The smallest absolute Gasteiger partial charge is 0.224 e. The van der Waals surface area contributed by atoms with E-state index in [9.17, 15) is 4.79 Å². The molecule has 1 amide bonds. The van der Waals surface area contributed by atoms with Crippen LogP contribution in [0.15, 0.2) is 36.5 Å². The maximum Gasteiger partial charge on any atom is 0.224 e. The molecule has 0 aliphatic heterocycles. The fourth-order valence-electron chi connectivity index (χ4n) is 1.20. The molecule has 0 aromatic rings. The number of amides is 1. The molecule has 0 rings (SSSR count). The van der Waals surface area contributed by atoms with E-state index in [4.69, 9.17) is 0 Å². The van der Waals surface area contributed by atoms with Crippen molar-refractivity contribution in [3.05, 3.63) is 36.5 Å². The van der Waals surface area contributed by atoms with Gasteiger partial charge in [-0.2, -0.15) is 0 Å². The monoisotopic (exact) mass is 221 g/mol. The Bertz CT molecular complexity index is 274. The Balaban J connectivity index is 3.93. The molecule has 90 valence electrons. The minimum Gasteiger partial charge on any atom is -0.356 e. The quantitative estimate of drug-likeness (QED) is 0.657. The van der Waals surface area contributed by atoms with Crippen LogP contribution in [-0.4, -0.2) is 12.5 Å². The van der Waals surface area contributed by atoms with Crippen molar-refractivity contribution in [3.63, 3.8) is 0 Å². The van der Waals surface area contributed by atoms with Crippen molar-refractivity contribution < 1.29 is 4.79 Å². The molecule has 1 N–H and O–H groups in total. The van der Waals surface area contributed by atoms with Crippen LogP contribution in [0.5, 0.6) is 0 Å². The molecule has 0 aliphatic rings. The number of carbonyl (C=O) groups is 1. The van der Waals surface area contributed by atoms with Gasteiger partial charge in [0.15, 0.2) is 0 Å². The predicted molar refractivity (Wildman–Crippen MR) is 70.2 cm³/mol. The zero-order valence-electron chi connectivity index (χ0n) is 10.6. The largest absolute Gasteiger partial charge is 0.356 e. The van der Waals surface area contributed by atoms with Gasteiger partial charge in [-0.25, -0.2) is 0 Å². The molecule has 0 aromatic heterocycles. The lowest BCUT2D eigenvalue weighted by Crippen LogP contribution is -2.25. The SMILES string of the molecule is C=C/C=C\C(=C/C)CC(=O)NCCC(C)C. The lowest BCUT2D eigenvalue weighted by molar-refractivity contribution is -0.120. The summed E-state index contributed by atoms with van der Waals surface area (Å²) in [5, 5.41) is 2.92. The molecule has 0 radical (unpaired) electrons. The molecular formula is C14H23NO. The highest BCUT2D eigenvalue weighted by Gasteiger charge is 2.02. The van der Waals surface area contributed by atoms with Crippen molar-refractivity contribution in [3.8, 4) is 0 Å². The normalized spacial score (nSPS) is 12.1. The summed E-state index contributed by atoms with van der Waals surface area (Å²) in [7, 11) is 0. The summed E-state index contributed by atoms with van der Waals surface area (Å²) in [6.45, 7) is 10.6. The summed E-state index contributed by atoms with van der Waals surface area (Å²) in [6.07, 6.45) is 8.88. The van der Waals surface area contributed by atoms with E-state index in [1.807, 2.05) is 25.2 Å². The second kappa shape index (κ2) is 8.96. The molecule has 0 aliphatic carbocycles. The number of rotatable bonds is 7. The fourth-order valence-corrected chi connectivity index (χ4v) is 1.20. The van der Waals surface area contributed by atoms with Crippen LogP contribution >= 0.6 is 0 Å². The first kappa shape index (κ1) is 14.7. The van der Waals surface area contributed by atoms with Gasteiger partial charge in [0.1, 0.15) is 0 Å². The summed E-state index contributed by atoms with van der Waals surface area (Å²) in [5.74, 6) is 0.713. The lowest BCUT2D eigenvalue weighted by atomic mass is 10.1. The molecule has 0 saturated heterocycles. The lowest BCUT2D eigenvalue weighted by Gasteiger charge is -2.07. The highest BCUT2D eigenvalue weighted by Crippen LogP contribution is 2.04. The standard InChI is InChI=1S/C14H23NO/c1-5-7-8-13(6-2)11-14(16)15-10-9-12(3)4/h5-8,12H,1,9-11H2,2-4H3,(H,15,16)/b8-7-,13-6+. The van der Waals surface area contributed by atoms with Crippen molar-refractivity contribution in [2.75, 3.05) is 6.54 Å². The summed E-state index contributed by atoms with van der Waals surface area (Å²) < 4.78 is 0. The molecule has 0 spiro atoms. The van der Waals surface area contributed by atoms with Crippen LogP contribution in [0.1, 0.15) is 33.6 Å². The molecular weight excluding hydrogens is 198 g/mol. The van der Waals surface area contributed by atoms with Crippen LogP contribution in [0.2, 0.25) is 0 Å². The maximum atomic E-state index is 11.5. The first-order chi connectivity index (χ1) is 7.60. The Morgan fingerprint density at radius 3 is 2.62 bits per heavy atom. The number of nitrogens with one attached hydrogen (secondary N) is 1. The van der Waals surface area contributed by atoms with Gasteiger partial charge < -0.3 is 5.32 Å². The van der Waals surface area contributed by atoms with Crippen LogP contribution < -0.4 is 5.32 Å². The van der Waals surface area contributed by atoms with Crippen LogP contribution in [-0.2, 0) is 4.79 Å². The first-order valence-electron chi connectivity index (χ1n) is 5.81. The average Bonchev–Trinajstić information content (AvgIpc) is 2.23. The van der Waals surface area contributed by atoms with Crippen molar-refractivity contribution in [1.29, 1.82) is 0 Å². The Morgan fingerprint density at radius 1 is 1.44 bits per heavy atom. The van der Waals surface area contributed by atoms with Crippen molar-refractivity contribution in [2.45, 2.75) is 33.6 Å². The molecule has 0 bridgehead atoms. The zero-order chi connectivity index (χ0) is 12.4. The predicted octanol–water partition coefficient (Wildman–Crippen LogP) is 3.23. The third-order valence-electron chi connectivity index (χ3n) is 2.23. The average molecular weight is 221 g/mol. The van der Waals surface area contributed by atoms with E-state index in [1.54, 1.807) is 6.08 Å². The van der Waals surface area contributed by atoms with E-state index in [0.29, 0.717) is 12.3 Å². The van der Waals surface area contributed by atoms with Crippen LogP contribution in [0.25, 0.3) is 0 Å². The Hall–Kier alpha value is -1.31. The van der Waals surface area contributed by atoms with Crippen molar-refractivity contribution >= 4 is 5.91 Å². The molecule has 0 saturated carbocycles. The summed E-state index contributed by atoms with van der Waals surface area (Å²) in [5.41, 5.74) is 1.02. The van der Waals surface area contributed by atoms with Gasteiger partial charge in [0.2, 0.25) is 5.91 Å². The molecule has 0 aromatic carbocycles. The van der Waals surface area contributed by atoms with Gasteiger partial charge in [-0.1, -0.05) is 44.7 Å². The molecule has 16 heavy (non-hydrogen) atoms. The highest BCUT2D eigenvalue weighted by atomic mass is 16.1. The molecule has 0 heterocycles. The van der Waals surface area contributed by atoms with Crippen LogP contribution in [0.3, 0.4) is 0 Å². The highest BCUT2D eigenvalue weighted by molar-refractivity contribution is 5.79. The first-order valence-corrected chi connectivity index (χ1v) is 5.81. The van der Waals surface area contributed by atoms with E-state index < -0.39 is 0 Å². The van der Waals surface area contributed by atoms with E-state index in [0.717, 1.165) is 18.5 Å². The van der Waals surface area contributed by atoms with Crippen molar-refractivity contribution in [1.82, 2.24) is 5.32 Å². The molecule has 2 nitrogen and oxygen atoms in total. The minimum absolute atomic E-state index is 0.0856. The second-order valence-electron chi connectivity index (χ2n) is 4.17. The number of hydrogen-bond acceptors (Lipinski definition) is 1. The molecule has 0 unspecified atom stereocenters. The Labute approximate surface area is 99.1 Å². The number of allylic oxidation sites excluding steroid dienone is 4. The van der Waals surface area contributed by atoms with Gasteiger partial charge in [-0.15, -0.1) is 0 Å². The van der Waals surface area contributed by atoms with Gasteiger partial charge in [0.25, 0.3) is 0 Å². The van der Waals surface area contributed by atoms with E-state index in [2.05, 4.69) is 25.7 Å². The third kappa shape index (κ3) is 8.04. The van der Waals surface area contributed by atoms with Crippen molar-refractivity contribution in [2.24, 2.45) is 5.92 Å². The Kier molecular flexibility index (Phi) is 8.22. The second-order valence-corrected chi connectivity index (χ2v) is 4.17. The number of hydrogen-bond donors (Lipinski definition) is 1.